The number of carbonyl (C=O) groups is 1. The van der Waals surface area contributed by atoms with Crippen molar-refractivity contribution in [3.05, 3.63) is 0 Å². The van der Waals surface area contributed by atoms with E-state index in [1.54, 1.807) is 0 Å². The highest BCUT2D eigenvalue weighted by molar-refractivity contribution is 5.77. The Labute approximate surface area is 72.7 Å². The molecule has 1 saturated carbocycles. The lowest BCUT2D eigenvalue weighted by Gasteiger charge is -2.44. The van der Waals surface area contributed by atoms with Crippen LogP contribution in [-0.4, -0.2) is 24.8 Å². The van der Waals surface area contributed by atoms with Gasteiger partial charge in [0, 0.05) is 6.61 Å². The van der Waals surface area contributed by atoms with Gasteiger partial charge in [-0.1, -0.05) is 6.92 Å². The number of ether oxygens (including phenoxy) is 1. The molecule has 0 atom stereocenters. The van der Waals surface area contributed by atoms with Crippen molar-refractivity contribution >= 4 is 5.97 Å². The summed E-state index contributed by atoms with van der Waals surface area (Å²) in [5.74, 6) is 0.193. The number of esters is 1. The minimum atomic E-state index is -0.276. The number of carbonyl (C=O) groups excluding carboxylic acids is 1. The second-order valence-corrected chi connectivity index (χ2v) is 3.58. The van der Waals surface area contributed by atoms with E-state index in [4.69, 9.17) is 9.84 Å². The first kappa shape index (κ1) is 9.52. The Morgan fingerprint density at radius 1 is 1.67 bits per heavy atom. The molecule has 0 aromatic rings. The number of aliphatic hydroxyl groups excluding tert-OH is 1. The first-order valence-electron chi connectivity index (χ1n) is 4.38. The molecule has 0 bridgehead atoms. The minimum Gasteiger partial charge on any atom is -0.469 e. The van der Waals surface area contributed by atoms with E-state index in [0.29, 0.717) is 5.92 Å². The van der Waals surface area contributed by atoms with Gasteiger partial charge in [0.25, 0.3) is 0 Å². The van der Waals surface area contributed by atoms with Crippen LogP contribution in [0.2, 0.25) is 0 Å². The Hall–Kier alpha value is -0.570. The third-order valence-electron chi connectivity index (χ3n) is 2.91. The average Bonchev–Trinajstić information content (AvgIpc) is 2.04. The third-order valence-corrected chi connectivity index (χ3v) is 2.91. The van der Waals surface area contributed by atoms with Crippen LogP contribution in [0.25, 0.3) is 0 Å². The minimum absolute atomic E-state index is 0.116. The second kappa shape index (κ2) is 3.44. The van der Waals surface area contributed by atoms with Crippen LogP contribution in [0.4, 0.5) is 0 Å². The van der Waals surface area contributed by atoms with Crippen LogP contribution in [0, 0.1) is 11.3 Å². The summed E-state index contributed by atoms with van der Waals surface area (Å²) < 4.78 is 4.72. The van der Waals surface area contributed by atoms with E-state index in [9.17, 15) is 4.79 Å². The smallest absolute Gasteiger partial charge is 0.311 e. The van der Waals surface area contributed by atoms with Crippen LogP contribution in [0.3, 0.4) is 0 Å². The standard InChI is InChI=1S/C9H16O3/c1-3-9(8(11)12-2)4-7(5-9)6-10/h7,10H,3-6H2,1-2H3. The van der Waals surface area contributed by atoms with Crippen molar-refractivity contribution in [1.29, 1.82) is 0 Å². The number of rotatable bonds is 3. The Morgan fingerprint density at radius 3 is 2.58 bits per heavy atom. The van der Waals surface area contributed by atoms with Gasteiger partial charge in [0.2, 0.25) is 0 Å². The molecular weight excluding hydrogens is 156 g/mol. The van der Waals surface area contributed by atoms with Gasteiger partial charge in [0.05, 0.1) is 12.5 Å². The molecule has 0 aliphatic heterocycles. The van der Waals surface area contributed by atoms with Gasteiger partial charge < -0.3 is 9.84 Å². The molecule has 70 valence electrons. The topological polar surface area (TPSA) is 46.5 Å². The summed E-state index contributed by atoms with van der Waals surface area (Å²) in [6.07, 6.45) is 2.38. The van der Waals surface area contributed by atoms with E-state index in [1.165, 1.54) is 7.11 Å². The summed E-state index contributed by atoms with van der Waals surface area (Å²) >= 11 is 0. The Bertz CT molecular complexity index is 171. The zero-order valence-corrected chi connectivity index (χ0v) is 7.67. The predicted octanol–water partition coefficient (Wildman–Crippen LogP) is 0.958. The molecule has 12 heavy (non-hydrogen) atoms. The maximum atomic E-state index is 11.3. The van der Waals surface area contributed by atoms with Crippen LogP contribution in [-0.2, 0) is 9.53 Å². The van der Waals surface area contributed by atoms with Gasteiger partial charge in [-0.15, -0.1) is 0 Å². The molecule has 0 aromatic carbocycles. The van der Waals surface area contributed by atoms with Gasteiger partial charge in [0.1, 0.15) is 0 Å². The molecular formula is C9H16O3. The lowest BCUT2D eigenvalue weighted by molar-refractivity contribution is -0.163. The van der Waals surface area contributed by atoms with E-state index in [2.05, 4.69) is 0 Å². The molecule has 0 saturated heterocycles. The largest absolute Gasteiger partial charge is 0.469 e. The number of aliphatic hydroxyl groups is 1. The zero-order valence-electron chi connectivity index (χ0n) is 7.67. The van der Waals surface area contributed by atoms with Crippen LogP contribution in [0.5, 0.6) is 0 Å². The lowest BCUT2D eigenvalue weighted by atomic mass is 9.61. The van der Waals surface area contributed by atoms with E-state index < -0.39 is 0 Å². The second-order valence-electron chi connectivity index (χ2n) is 3.58. The lowest BCUT2D eigenvalue weighted by Crippen LogP contribution is -2.45. The van der Waals surface area contributed by atoms with E-state index >= 15 is 0 Å². The van der Waals surface area contributed by atoms with Crippen molar-refractivity contribution in [3.8, 4) is 0 Å². The molecule has 0 radical (unpaired) electrons. The average molecular weight is 172 g/mol. The number of hydrogen-bond acceptors (Lipinski definition) is 3. The van der Waals surface area contributed by atoms with Crippen LogP contribution >= 0.6 is 0 Å². The molecule has 3 heteroatoms. The predicted molar refractivity (Wildman–Crippen MR) is 44.5 cm³/mol. The zero-order chi connectivity index (χ0) is 9.19. The van der Waals surface area contributed by atoms with Gasteiger partial charge in [-0.3, -0.25) is 4.79 Å². The van der Waals surface area contributed by atoms with Crippen molar-refractivity contribution in [2.45, 2.75) is 26.2 Å². The van der Waals surface area contributed by atoms with Crippen molar-refractivity contribution in [3.63, 3.8) is 0 Å². The van der Waals surface area contributed by atoms with Gasteiger partial charge in [0.15, 0.2) is 0 Å². The molecule has 0 spiro atoms. The molecule has 0 aromatic heterocycles. The summed E-state index contributed by atoms with van der Waals surface area (Å²) in [5, 5.41) is 8.82. The number of methoxy groups -OCH3 is 1. The van der Waals surface area contributed by atoms with E-state index in [0.717, 1.165) is 19.3 Å². The van der Waals surface area contributed by atoms with Gasteiger partial charge in [-0.2, -0.15) is 0 Å². The maximum Gasteiger partial charge on any atom is 0.311 e. The van der Waals surface area contributed by atoms with Crippen molar-refractivity contribution in [2.24, 2.45) is 11.3 Å². The monoisotopic (exact) mass is 172 g/mol. The highest BCUT2D eigenvalue weighted by atomic mass is 16.5. The normalized spacial score (nSPS) is 34.1. The fourth-order valence-corrected chi connectivity index (χ4v) is 1.99. The van der Waals surface area contributed by atoms with E-state index in [-0.39, 0.29) is 18.0 Å². The van der Waals surface area contributed by atoms with Gasteiger partial charge in [-0.25, -0.2) is 0 Å². The van der Waals surface area contributed by atoms with Crippen molar-refractivity contribution in [2.75, 3.05) is 13.7 Å². The molecule has 0 unspecified atom stereocenters. The first-order chi connectivity index (χ1) is 5.68. The van der Waals surface area contributed by atoms with Gasteiger partial charge in [-0.05, 0) is 25.2 Å². The van der Waals surface area contributed by atoms with Crippen molar-refractivity contribution in [1.82, 2.24) is 0 Å². The first-order valence-corrected chi connectivity index (χ1v) is 4.38. The van der Waals surface area contributed by atoms with Crippen LogP contribution in [0.15, 0.2) is 0 Å². The quantitative estimate of drug-likeness (QED) is 0.645. The molecule has 1 fully saturated rings. The van der Waals surface area contributed by atoms with Crippen LogP contribution in [0.1, 0.15) is 26.2 Å². The highest BCUT2D eigenvalue weighted by Crippen LogP contribution is 2.48. The molecule has 0 amide bonds. The summed E-state index contributed by atoms with van der Waals surface area (Å²) in [4.78, 5) is 11.3. The summed E-state index contributed by atoms with van der Waals surface area (Å²) in [6.45, 7) is 2.18. The van der Waals surface area contributed by atoms with E-state index in [1.807, 2.05) is 6.92 Å². The van der Waals surface area contributed by atoms with Crippen LogP contribution < -0.4 is 0 Å². The Kier molecular flexibility index (Phi) is 2.73. The Balaban J connectivity index is 2.52. The fraction of sp³-hybridized carbons (Fsp3) is 0.889. The molecule has 1 rings (SSSR count). The maximum absolute atomic E-state index is 11.3. The summed E-state index contributed by atoms with van der Waals surface area (Å²) in [6, 6.07) is 0. The highest BCUT2D eigenvalue weighted by Gasteiger charge is 2.49. The van der Waals surface area contributed by atoms with Crippen molar-refractivity contribution < 1.29 is 14.6 Å². The number of hydrogen-bond donors (Lipinski definition) is 1. The molecule has 3 nitrogen and oxygen atoms in total. The summed E-state index contributed by atoms with van der Waals surface area (Å²) in [5.41, 5.74) is -0.276. The SMILES string of the molecule is CCC1(C(=O)OC)CC(CO)C1. The summed E-state index contributed by atoms with van der Waals surface area (Å²) in [7, 11) is 1.42. The molecule has 0 heterocycles. The molecule has 1 aliphatic rings. The fourth-order valence-electron chi connectivity index (χ4n) is 1.99. The van der Waals surface area contributed by atoms with Gasteiger partial charge >= 0.3 is 5.97 Å². The Morgan fingerprint density at radius 2 is 2.25 bits per heavy atom. The molecule has 1 aliphatic carbocycles. The third kappa shape index (κ3) is 1.33. The molecule has 1 N–H and O–H groups in total.